The van der Waals surface area contributed by atoms with Gasteiger partial charge in [0.1, 0.15) is 5.82 Å². The van der Waals surface area contributed by atoms with Crippen LogP contribution in [0.25, 0.3) is 16.8 Å². The summed E-state index contributed by atoms with van der Waals surface area (Å²) in [6.07, 6.45) is 1.03. The van der Waals surface area contributed by atoms with Gasteiger partial charge < -0.3 is 16.2 Å². The second-order valence-electron chi connectivity index (χ2n) is 7.08. The first-order valence-electron chi connectivity index (χ1n) is 9.65. The lowest BCUT2D eigenvalue weighted by Crippen LogP contribution is -2.27. The molecule has 0 spiro atoms. The lowest BCUT2D eigenvalue weighted by molar-refractivity contribution is 0.0939. The maximum atomic E-state index is 15.3. The number of carbonyl (C=O) groups excluding carboxylic acids is 1. The fourth-order valence-electron chi connectivity index (χ4n) is 3.31. The first kappa shape index (κ1) is 22.0. The minimum absolute atomic E-state index is 0.0187. The van der Waals surface area contributed by atoms with Gasteiger partial charge in [-0.3, -0.25) is 4.79 Å². The molecule has 1 atom stereocenters. The van der Waals surface area contributed by atoms with Crippen LogP contribution in [0.15, 0.2) is 54.7 Å². The topological polar surface area (TPSA) is 106 Å². The van der Waals surface area contributed by atoms with Crippen molar-refractivity contribution in [2.75, 3.05) is 12.3 Å². The van der Waals surface area contributed by atoms with Gasteiger partial charge in [0.05, 0.1) is 16.7 Å². The van der Waals surface area contributed by atoms with Gasteiger partial charge in [-0.15, -0.1) is 5.10 Å². The monoisotopic (exact) mass is 473 g/mol. The molecule has 1 unspecified atom stereocenters. The summed E-state index contributed by atoms with van der Waals surface area (Å²) in [5.41, 5.74) is 7.11. The number of rotatable bonds is 6. The van der Waals surface area contributed by atoms with Gasteiger partial charge in [0.2, 0.25) is 5.95 Å². The summed E-state index contributed by atoms with van der Waals surface area (Å²) in [6, 6.07) is 12.9. The molecule has 10 heteroatoms. The van der Waals surface area contributed by atoms with Gasteiger partial charge in [0, 0.05) is 23.3 Å². The van der Waals surface area contributed by atoms with E-state index >= 15 is 4.39 Å². The van der Waals surface area contributed by atoms with Gasteiger partial charge in [-0.1, -0.05) is 35.3 Å². The molecule has 0 aliphatic carbocycles. The van der Waals surface area contributed by atoms with Gasteiger partial charge in [-0.2, -0.15) is 4.98 Å². The third kappa shape index (κ3) is 4.52. The zero-order chi connectivity index (χ0) is 22.8. The Bertz CT molecular complexity index is 1290. The van der Waals surface area contributed by atoms with Crippen molar-refractivity contribution in [3.8, 4) is 11.1 Å². The fourth-order valence-corrected chi connectivity index (χ4v) is 3.67. The number of aliphatic hydroxyl groups excluding tert-OH is 1. The first-order chi connectivity index (χ1) is 15.3. The number of fused-ring (bicyclic) bond motifs is 1. The Kier molecular flexibility index (Phi) is 6.27. The number of hydrogen-bond donors (Lipinski definition) is 3. The van der Waals surface area contributed by atoms with E-state index in [9.17, 15) is 9.90 Å². The molecule has 0 saturated carbocycles. The van der Waals surface area contributed by atoms with Crippen molar-refractivity contribution in [2.24, 2.45) is 0 Å². The van der Waals surface area contributed by atoms with Gasteiger partial charge in [-0.05, 0) is 53.9 Å². The molecule has 0 radical (unpaired) electrons. The number of nitrogens with one attached hydrogen (secondary N) is 1. The van der Waals surface area contributed by atoms with E-state index in [0.29, 0.717) is 21.8 Å². The number of amides is 1. The molecular weight excluding hydrogens is 456 g/mol. The number of carbonyl (C=O) groups is 1. The third-order valence-corrected chi connectivity index (χ3v) is 5.51. The molecular formula is C22H18Cl2FN5O2. The molecule has 0 bridgehead atoms. The lowest BCUT2D eigenvalue weighted by atomic mass is 10.0. The van der Waals surface area contributed by atoms with Gasteiger partial charge in [0.25, 0.3) is 5.91 Å². The summed E-state index contributed by atoms with van der Waals surface area (Å²) in [4.78, 5) is 16.7. The van der Waals surface area contributed by atoms with Crippen LogP contribution in [0.2, 0.25) is 10.0 Å². The van der Waals surface area contributed by atoms with E-state index in [1.807, 2.05) is 0 Å². The minimum Gasteiger partial charge on any atom is -0.388 e. The molecule has 32 heavy (non-hydrogen) atoms. The standard InChI is InChI=1S/C22H18Cl2FN5O2/c23-14-3-1-12(2-4-14)17(31)7-9-27-21(32)19-16(24)6-5-15(20(19)25)13-8-10-30-18(11-13)28-22(26)29-30/h1-6,8,10-11,17,31H,7,9H2,(H2,26,29)(H,27,32). The molecule has 4 rings (SSSR count). The van der Waals surface area contributed by atoms with Crippen molar-refractivity contribution in [3.63, 3.8) is 0 Å². The zero-order valence-corrected chi connectivity index (χ0v) is 18.1. The van der Waals surface area contributed by atoms with Crippen molar-refractivity contribution in [2.45, 2.75) is 12.5 Å². The van der Waals surface area contributed by atoms with Gasteiger partial charge in [-0.25, -0.2) is 8.91 Å². The maximum Gasteiger partial charge on any atom is 0.255 e. The Morgan fingerprint density at radius 3 is 2.69 bits per heavy atom. The van der Waals surface area contributed by atoms with Crippen LogP contribution in [0.3, 0.4) is 0 Å². The van der Waals surface area contributed by atoms with Crippen LogP contribution in [-0.2, 0) is 0 Å². The minimum atomic E-state index is -0.804. The number of nitrogens with zero attached hydrogens (tertiary/aromatic N) is 3. The van der Waals surface area contributed by atoms with Crippen molar-refractivity contribution < 1.29 is 14.3 Å². The smallest absolute Gasteiger partial charge is 0.255 e. The number of aromatic nitrogens is 3. The van der Waals surface area contributed by atoms with Crippen LogP contribution < -0.4 is 11.1 Å². The molecule has 4 aromatic rings. The summed E-state index contributed by atoms with van der Waals surface area (Å²) in [5.74, 6) is -1.34. The Balaban J connectivity index is 1.51. The highest BCUT2D eigenvalue weighted by Gasteiger charge is 2.21. The summed E-state index contributed by atoms with van der Waals surface area (Å²) < 4.78 is 16.8. The van der Waals surface area contributed by atoms with Crippen LogP contribution >= 0.6 is 23.2 Å². The number of nitrogens with two attached hydrogens (primary N) is 1. The highest BCUT2D eigenvalue weighted by atomic mass is 35.5. The summed E-state index contributed by atoms with van der Waals surface area (Å²) in [5, 5.41) is 17.4. The molecule has 4 N–H and O–H groups in total. The van der Waals surface area contributed by atoms with Crippen LogP contribution in [0, 0.1) is 5.82 Å². The highest BCUT2D eigenvalue weighted by molar-refractivity contribution is 6.34. The zero-order valence-electron chi connectivity index (χ0n) is 16.6. The van der Waals surface area contributed by atoms with Crippen molar-refractivity contribution in [3.05, 3.63) is 81.7 Å². The number of aliphatic hydroxyl groups is 1. The highest BCUT2D eigenvalue weighted by Crippen LogP contribution is 2.30. The van der Waals surface area contributed by atoms with E-state index in [1.54, 1.807) is 42.6 Å². The van der Waals surface area contributed by atoms with E-state index in [4.69, 9.17) is 28.9 Å². The maximum absolute atomic E-state index is 15.3. The van der Waals surface area contributed by atoms with E-state index in [-0.39, 0.29) is 35.1 Å². The number of halogens is 3. The summed E-state index contributed by atoms with van der Waals surface area (Å²) >= 11 is 12.0. The number of pyridine rings is 1. The Morgan fingerprint density at radius 1 is 1.19 bits per heavy atom. The predicted octanol–water partition coefficient (Wildman–Crippen LogP) is 4.28. The Morgan fingerprint density at radius 2 is 1.94 bits per heavy atom. The summed E-state index contributed by atoms with van der Waals surface area (Å²) in [7, 11) is 0. The molecule has 0 saturated heterocycles. The average molecular weight is 474 g/mol. The number of anilines is 1. The van der Waals surface area contributed by atoms with Gasteiger partial charge in [0.15, 0.2) is 5.65 Å². The van der Waals surface area contributed by atoms with Crippen LogP contribution in [-0.4, -0.2) is 32.2 Å². The van der Waals surface area contributed by atoms with E-state index in [0.717, 1.165) is 0 Å². The second-order valence-corrected chi connectivity index (χ2v) is 7.93. The normalized spacial score (nSPS) is 12.1. The molecule has 2 aromatic carbocycles. The summed E-state index contributed by atoms with van der Waals surface area (Å²) in [6.45, 7) is 0.119. The molecule has 1 amide bonds. The van der Waals surface area contributed by atoms with Crippen LogP contribution in [0.4, 0.5) is 10.3 Å². The second kappa shape index (κ2) is 9.12. The van der Waals surface area contributed by atoms with E-state index < -0.39 is 17.8 Å². The molecule has 7 nitrogen and oxygen atoms in total. The average Bonchev–Trinajstić information content (AvgIpc) is 3.13. The SMILES string of the molecule is Nc1nc2cc(-c3ccc(Cl)c(C(=O)NCCC(O)c4ccc(Cl)cc4)c3F)ccn2n1. The molecule has 0 aliphatic rings. The van der Waals surface area contributed by atoms with Crippen molar-refractivity contribution in [1.29, 1.82) is 0 Å². The fraction of sp³-hybridized carbons (Fsp3) is 0.136. The Labute approximate surface area is 192 Å². The molecule has 2 heterocycles. The third-order valence-electron chi connectivity index (χ3n) is 4.94. The quantitative estimate of drug-likeness (QED) is 0.387. The number of hydrogen-bond acceptors (Lipinski definition) is 5. The molecule has 0 aliphatic heterocycles. The molecule has 2 aromatic heterocycles. The molecule has 0 fully saturated rings. The van der Waals surface area contributed by atoms with E-state index in [2.05, 4.69) is 15.4 Å². The van der Waals surface area contributed by atoms with Crippen LogP contribution in [0.1, 0.15) is 28.4 Å². The Hall–Kier alpha value is -3.20. The van der Waals surface area contributed by atoms with Crippen molar-refractivity contribution in [1.82, 2.24) is 19.9 Å². The van der Waals surface area contributed by atoms with E-state index in [1.165, 1.54) is 16.6 Å². The van der Waals surface area contributed by atoms with Crippen molar-refractivity contribution >= 4 is 40.7 Å². The lowest BCUT2D eigenvalue weighted by Gasteiger charge is -2.14. The number of benzene rings is 2. The van der Waals surface area contributed by atoms with Crippen LogP contribution in [0.5, 0.6) is 0 Å². The van der Waals surface area contributed by atoms with Gasteiger partial charge >= 0.3 is 0 Å². The first-order valence-corrected chi connectivity index (χ1v) is 10.4. The molecule has 164 valence electrons. The largest absolute Gasteiger partial charge is 0.388 e. The number of nitrogen functional groups attached to an aromatic ring is 1. The predicted molar refractivity (Wildman–Crippen MR) is 121 cm³/mol.